The zero-order valence-electron chi connectivity index (χ0n) is 17.1. The lowest BCUT2D eigenvalue weighted by molar-refractivity contribution is 0.0671. The van der Waals surface area contributed by atoms with Crippen molar-refractivity contribution in [3.63, 3.8) is 0 Å². The van der Waals surface area contributed by atoms with E-state index >= 15 is 0 Å². The number of hydrogen-bond acceptors (Lipinski definition) is 5. The SMILES string of the molecule is CCN(CCCCC(C)(C)O)CCCC(O)c1ccc(NS(C)(=O)=O)cc1. The van der Waals surface area contributed by atoms with Gasteiger partial charge in [-0.25, -0.2) is 8.42 Å². The molecule has 7 heteroatoms. The minimum atomic E-state index is -3.29. The smallest absolute Gasteiger partial charge is 0.229 e. The number of benzene rings is 1. The van der Waals surface area contributed by atoms with Gasteiger partial charge >= 0.3 is 0 Å². The molecule has 1 aromatic rings. The van der Waals surface area contributed by atoms with E-state index in [0.29, 0.717) is 12.1 Å². The summed E-state index contributed by atoms with van der Waals surface area (Å²) in [6.45, 7) is 8.74. The van der Waals surface area contributed by atoms with Crippen LogP contribution in [0.15, 0.2) is 24.3 Å². The fourth-order valence-electron chi connectivity index (χ4n) is 2.98. The van der Waals surface area contributed by atoms with E-state index in [0.717, 1.165) is 57.1 Å². The molecule has 3 N–H and O–H groups in total. The number of aliphatic hydroxyl groups excluding tert-OH is 1. The maximum absolute atomic E-state index is 11.2. The van der Waals surface area contributed by atoms with E-state index in [1.807, 2.05) is 13.8 Å². The molecule has 0 heterocycles. The van der Waals surface area contributed by atoms with Crippen molar-refractivity contribution in [3.05, 3.63) is 29.8 Å². The normalized spacial score (nSPS) is 13.7. The molecule has 0 aromatic heterocycles. The lowest BCUT2D eigenvalue weighted by Crippen LogP contribution is -2.26. The lowest BCUT2D eigenvalue weighted by atomic mass is 10.0. The average molecular weight is 401 g/mol. The second kappa shape index (κ2) is 11.0. The molecular formula is C20H36N2O4S. The zero-order valence-corrected chi connectivity index (χ0v) is 17.9. The summed E-state index contributed by atoms with van der Waals surface area (Å²) in [6.07, 6.45) is 5.01. The molecule has 0 aliphatic carbocycles. The molecule has 0 aliphatic heterocycles. The van der Waals surface area contributed by atoms with Gasteiger partial charge in [0.05, 0.1) is 18.0 Å². The summed E-state index contributed by atoms with van der Waals surface area (Å²) in [5, 5.41) is 20.1. The summed E-state index contributed by atoms with van der Waals surface area (Å²) >= 11 is 0. The molecule has 0 radical (unpaired) electrons. The van der Waals surface area contributed by atoms with Gasteiger partial charge in [0.15, 0.2) is 0 Å². The number of sulfonamides is 1. The molecule has 0 fully saturated rings. The zero-order chi connectivity index (χ0) is 20.5. The highest BCUT2D eigenvalue weighted by Crippen LogP contribution is 2.21. The van der Waals surface area contributed by atoms with E-state index in [2.05, 4.69) is 16.5 Å². The Bertz CT molecular complexity index is 639. The first kappa shape index (κ1) is 23.9. The number of aliphatic hydroxyl groups is 2. The Hall–Kier alpha value is -1.15. The molecule has 1 aromatic carbocycles. The molecular weight excluding hydrogens is 364 g/mol. The van der Waals surface area contributed by atoms with Gasteiger partial charge in [0.25, 0.3) is 0 Å². The van der Waals surface area contributed by atoms with Crippen LogP contribution in [0.25, 0.3) is 0 Å². The van der Waals surface area contributed by atoms with Gasteiger partial charge in [-0.1, -0.05) is 19.1 Å². The third-order valence-corrected chi connectivity index (χ3v) is 5.12. The third-order valence-electron chi connectivity index (χ3n) is 4.51. The van der Waals surface area contributed by atoms with E-state index < -0.39 is 21.7 Å². The van der Waals surface area contributed by atoms with Gasteiger partial charge in [-0.2, -0.15) is 0 Å². The Labute approximate surface area is 164 Å². The minimum Gasteiger partial charge on any atom is -0.390 e. The molecule has 0 aliphatic rings. The predicted molar refractivity (Wildman–Crippen MR) is 111 cm³/mol. The van der Waals surface area contributed by atoms with E-state index in [9.17, 15) is 18.6 Å². The van der Waals surface area contributed by atoms with Crippen molar-refractivity contribution in [2.45, 2.75) is 64.6 Å². The quantitative estimate of drug-likeness (QED) is 0.443. The molecule has 0 bridgehead atoms. The van der Waals surface area contributed by atoms with Crippen molar-refractivity contribution >= 4 is 15.7 Å². The summed E-state index contributed by atoms with van der Waals surface area (Å²) < 4.78 is 24.9. The van der Waals surface area contributed by atoms with Crippen LogP contribution in [-0.2, 0) is 10.0 Å². The first-order valence-electron chi connectivity index (χ1n) is 9.71. The van der Waals surface area contributed by atoms with Crippen LogP contribution in [0.4, 0.5) is 5.69 Å². The number of hydrogen-bond donors (Lipinski definition) is 3. The van der Waals surface area contributed by atoms with E-state index in [1.54, 1.807) is 24.3 Å². The Morgan fingerprint density at radius 3 is 2.22 bits per heavy atom. The monoisotopic (exact) mass is 400 g/mol. The summed E-state index contributed by atoms with van der Waals surface area (Å²) in [6, 6.07) is 6.85. The van der Waals surface area contributed by atoms with Crippen molar-refractivity contribution < 1.29 is 18.6 Å². The van der Waals surface area contributed by atoms with Crippen molar-refractivity contribution in [3.8, 4) is 0 Å². The first-order chi connectivity index (χ1) is 12.5. The van der Waals surface area contributed by atoms with Crippen LogP contribution in [0.3, 0.4) is 0 Å². The van der Waals surface area contributed by atoms with Crippen molar-refractivity contribution in [2.75, 3.05) is 30.6 Å². The largest absolute Gasteiger partial charge is 0.390 e. The maximum atomic E-state index is 11.2. The topological polar surface area (TPSA) is 89.9 Å². The van der Waals surface area contributed by atoms with Gasteiger partial charge in [-0.15, -0.1) is 0 Å². The van der Waals surface area contributed by atoms with Crippen LogP contribution in [0, 0.1) is 0 Å². The Morgan fingerprint density at radius 2 is 1.70 bits per heavy atom. The van der Waals surface area contributed by atoms with E-state index in [1.165, 1.54) is 0 Å². The van der Waals surface area contributed by atoms with Gasteiger partial charge in [-0.3, -0.25) is 4.72 Å². The summed E-state index contributed by atoms with van der Waals surface area (Å²) in [5.74, 6) is 0. The summed E-state index contributed by atoms with van der Waals surface area (Å²) in [4.78, 5) is 2.37. The number of nitrogens with zero attached hydrogens (tertiary/aromatic N) is 1. The third kappa shape index (κ3) is 11.3. The minimum absolute atomic E-state index is 0.497. The number of unbranched alkanes of at least 4 members (excludes halogenated alkanes) is 1. The summed E-state index contributed by atoms with van der Waals surface area (Å²) in [5.41, 5.74) is 0.701. The van der Waals surface area contributed by atoms with E-state index in [4.69, 9.17) is 0 Å². The van der Waals surface area contributed by atoms with Gasteiger partial charge < -0.3 is 15.1 Å². The standard InChI is InChI=1S/C20H36N2O4S/c1-5-22(15-7-6-14-20(2,3)24)16-8-9-19(23)17-10-12-18(13-11-17)21-27(4,25)26/h10-13,19,21,23-24H,5-9,14-16H2,1-4H3. The molecule has 0 spiro atoms. The molecule has 1 unspecified atom stereocenters. The van der Waals surface area contributed by atoms with Crippen LogP contribution in [0.2, 0.25) is 0 Å². The number of nitrogens with one attached hydrogen (secondary N) is 1. The maximum Gasteiger partial charge on any atom is 0.229 e. The molecule has 0 saturated carbocycles. The van der Waals surface area contributed by atoms with Crippen molar-refractivity contribution in [1.82, 2.24) is 4.90 Å². The van der Waals surface area contributed by atoms with E-state index in [-0.39, 0.29) is 0 Å². The van der Waals surface area contributed by atoms with Gasteiger partial charge in [0, 0.05) is 5.69 Å². The van der Waals surface area contributed by atoms with Crippen LogP contribution < -0.4 is 4.72 Å². The lowest BCUT2D eigenvalue weighted by Gasteiger charge is -2.22. The Morgan fingerprint density at radius 1 is 1.11 bits per heavy atom. The first-order valence-corrected chi connectivity index (χ1v) is 11.6. The fraction of sp³-hybridized carbons (Fsp3) is 0.700. The Kier molecular flexibility index (Phi) is 9.73. The van der Waals surface area contributed by atoms with Crippen molar-refractivity contribution in [1.29, 1.82) is 0 Å². The van der Waals surface area contributed by atoms with Crippen LogP contribution in [0.1, 0.15) is 64.5 Å². The molecule has 1 atom stereocenters. The molecule has 1 rings (SSSR count). The predicted octanol–water partition coefficient (Wildman–Crippen LogP) is 3.13. The summed E-state index contributed by atoms with van der Waals surface area (Å²) in [7, 11) is -3.29. The van der Waals surface area contributed by atoms with Gasteiger partial charge in [-0.05, 0) is 83.3 Å². The van der Waals surface area contributed by atoms with Crippen LogP contribution in [0.5, 0.6) is 0 Å². The highest BCUT2D eigenvalue weighted by molar-refractivity contribution is 7.92. The molecule has 0 amide bonds. The number of rotatable bonds is 13. The second-order valence-corrected chi connectivity index (χ2v) is 9.61. The molecule has 0 saturated heterocycles. The molecule has 27 heavy (non-hydrogen) atoms. The van der Waals surface area contributed by atoms with Crippen LogP contribution >= 0.6 is 0 Å². The molecule has 6 nitrogen and oxygen atoms in total. The Balaban J connectivity index is 2.34. The van der Waals surface area contributed by atoms with Gasteiger partial charge in [0.1, 0.15) is 0 Å². The van der Waals surface area contributed by atoms with Gasteiger partial charge in [0.2, 0.25) is 10.0 Å². The van der Waals surface area contributed by atoms with Crippen LogP contribution in [-0.4, -0.2) is 55.0 Å². The fourth-order valence-corrected chi connectivity index (χ4v) is 3.55. The average Bonchev–Trinajstić information content (AvgIpc) is 2.55. The number of anilines is 1. The highest BCUT2D eigenvalue weighted by atomic mass is 32.2. The highest BCUT2D eigenvalue weighted by Gasteiger charge is 2.13. The molecule has 156 valence electrons. The second-order valence-electron chi connectivity index (χ2n) is 7.86. The van der Waals surface area contributed by atoms with Crippen molar-refractivity contribution in [2.24, 2.45) is 0 Å².